The van der Waals surface area contributed by atoms with E-state index >= 15 is 4.39 Å². The molecular formula is C20H22FN3O4. The predicted octanol–water partition coefficient (Wildman–Crippen LogP) is 2.11. The summed E-state index contributed by atoms with van der Waals surface area (Å²) >= 11 is 0. The molecule has 2 aliphatic carbocycles. The third kappa shape index (κ3) is 2.37. The van der Waals surface area contributed by atoms with Gasteiger partial charge in [0.15, 0.2) is 11.6 Å². The fourth-order valence-electron chi connectivity index (χ4n) is 4.58. The molecule has 0 radical (unpaired) electrons. The minimum atomic E-state index is -1.31. The Balaban J connectivity index is 1.78. The number of methoxy groups -OCH3 is 1. The standard InChI is InChI=1S/C20H22FN3O4/c1-28-18-15-11(17(25)12(19(26)27)7-24(15)10-2-3-10)6-13(21)16(18)23-8-14(22)20(9-23)4-5-20/h6-7,10,14H,2-5,8-9,22H2,1H3,(H,26,27)/t14-/m0/s1. The van der Waals surface area contributed by atoms with Gasteiger partial charge in [0, 0.05) is 36.8 Å². The molecule has 1 aliphatic heterocycles. The highest BCUT2D eigenvalue weighted by atomic mass is 19.1. The maximum Gasteiger partial charge on any atom is 0.341 e. The molecule has 2 saturated carbocycles. The molecular weight excluding hydrogens is 365 g/mol. The number of pyridine rings is 1. The second-order valence-corrected chi connectivity index (χ2v) is 8.30. The van der Waals surface area contributed by atoms with E-state index in [1.54, 1.807) is 4.57 Å². The van der Waals surface area contributed by atoms with Crippen molar-refractivity contribution in [3.05, 3.63) is 33.9 Å². The SMILES string of the molecule is COc1c(N2C[C@H](N)C3(CC3)C2)c(F)cc2c(=O)c(C(=O)O)cn(C3CC3)c12. The first-order chi connectivity index (χ1) is 13.4. The van der Waals surface area contributed by atoms with Crippen LogP contribution in [0.15, 0.2) is 17.1 Å². The van der Waals surface area contributed by atoms with Crippen LogP contribution in [0.5, 0.6) is 5.75 Å². The van der Waals surface area contributed by atoms with Gasteiger partial charge in [0.05, 0.1) is 18.0 Å². The number of halogens is 1. The number of carboxylic acids is 1. The molecule has 1 aromatic heterocycles. The molecule has 3 fully saturated rings. The van der Waals surface area contributed by atoms with Crippen molar-refractivity contribution in [2.45, 2.75) is 37.8 Å². The van der Waals surface area contributed by atoms with Crippen LogP contribution in [-0.2, 0) is 0 Å². The molecule has 3 N–H and O–H groups in total. The zero-order valence-electron chi connectivity index (χ0n) is 15.6. The third-order valence-corrected chi connectivity index (χ3v) is 6.49. The van der Waals surface area contributed by atoms with Gasteiger partial charge in [-0.25, -0.2) is 9.18 Å². The summed E-state index contributed by atoms with van der Waals surface area (Å²) in [4.78, 5) is 26.2. The van der Waals surface area contributed by atoms with E-state index in [0.717, 1.165) is 31.7 Å². The smallest absolute Gasteiger partial charge is 0.341 e. The number of aromatic carboxylic acids is 1. The Morgan fingerprint density at radius 2 is 2.11 bits per heavy atom. The molecule has 8 heteroatoms. The number of fused-ring (bicyclic) bond motifs is 1. The molecule has 0 unspecified atom stereocenters. The summed E-state index contributed by atoms with van der Waals surface area (Å²) in [5.41, 5.74) is 6.07. The molecule has 2 heterocycles. The molecule has 2 aromatic rings. The van der Waals surface area contributed by atoms with Gasteiger partial charge in [0.2, 0.25) is 5.43 Å². The number of benzene rings is 1. The minimum Gasteiger partial charge on any atom is -0.492 e. The molecule has 7 nitrogen and oxygen atoms in total. The van der Waals surface area contributed by atoms with Gasteiger partial charge in [0.1, 0.15) is 11.3 Å². The number of nitrogens with zero attached hydrogens (tertiary/aromatic N) is 2. The minimum absolute atomic E-state index is 0.0210. The van der Waals surface area contributed by atoms with Gasteiger partial charge in [0.25, 0.3) is 0 Å². The number of nitrogens with two attached hydrogens (primary N) is 1. The van der Waals surface area contributed by atoms with Gasteiger partial charge < -0.3 is 25.0 Å². The van der Waals surface area contributed by atoms with Crippen LogP contribution >= 0.6 is 0 Å². The lowest BCUT2D eigenvalue weighted by atomic mass is 10.0. The van der Waals surface area contributed by atoms with Gasteiger partial charge in [-0.3, -0.25) is 4.79 Å². The second kappa shape index (κ2) is 5.70. The molecule has 1 saturated heterocycles. The Labute approximate surface area is 160 Å². The van der Waals surface area contributed by atoms with E-state index in [4.69, 9.17) is 10.5 Å². The first kappa shape index (κ1) is 17.5. The van der Waals surface area contributed by atoms with E-state index < -0.39 is 17.2 Å². The highest BCUT2D eigenvalue weighted by Crippen LogP contribution is 2.54. The zero-order chi connectivity index (χ0) is 19.8. The van der Waals surface area contributed by atoms with Crippen LogP contribution in [-0.4, -0.2) is 41.9 Å². The molecule has 1 aromatic carbocycles. The van der Waals surface area contributed by atoms with Crippen LogP contribution < -0.4 is 20.8 Å². The molecule has 0 amide bonds. The van der Waals surface area contributed by atoms with Crippen molar-refractivity contribution in [3.8, 4) is 5.75 Å². The largest absolute Gasteiger partial charge is 0.492 e. The second-order valence-electron chi connectivity index (χ2n) is 8.30. The van der Waals surface area contributed by atoms with Crippen LogP contribution in [0.3, 0.4) is 0 Å². The van der Waals surface area contributed by atoms with Crippen molar-refractivity contribution in [3.63, 3.8) is 0 Å². The van der Waals surface area contributed by atoms with E-state index in [1.165, 1.54) is 13.3 Å². The predicted molar refractivity (Wildman–Crippen MR) is 102 cm³/mol. The van der Waals surface area contributed by atoms with Crippen molar-refractivity contribution in [2.24, 2.45) is 11.1 Å². The fourth-order valence-corrected chi connectivity index (χ4v) is 4.58. The topological polar surface area (TPSA) is 97.8 Å². The fraction of sp³-hybridized carbons (Fsp3) is 0.500. The number of hydrogen-bond donors (Lipinski definition) is 2. The van der Waals surface area contributed by atoms with E-state index in [-0.39, 0.29) is 34.2 Å². The van der Waals surface area contributed by atoms with Crippen LogP contribution in [0.25, 0.3) is 10.9 Å². The Kier molecular flexibility index (Phi) is 3.56. The first-order valence-electron chi connectivity index (χ1n) is 9.55. The lowest BCUT2D eigenvalue weighted by molar-refractivity contribution is 0.0695. The highest BCUT2D eigenvalue weighted by molar-refractivity contribution is 5.97. The van der Waals surface area contributed by atoms with Gasteiger partial charge in [-0.05, 0) is 31.7 Å². The summed E-state index contributed by atoms with van der Waals surface area (Å²) in [6, 6.07) is 1.22. The van der Waals surface area contributed by atoms with Gasteiger partial charge in [-0.1, -0.05) is 0 Å². The number of anilines is 1. The van der Waals surface area contributed by atoms with Crippen molar-refractivity contribution in [1.29, 1.82) is 0 Å². The third-order valence-electron chi connectivity index (χ3n) is 6.49. The number of hydrogen-bond acceptors (Lipinski definition) is 5. The lowest BCUT2D eigenvalue weighted by Crippen LogP contribution is -2.30. The van der Waals surface area contributed by atoms with Crippen molar-refractivity contribution < 1.29 is 19.0 Å². The van der Waals surface area contributed by atoms with E-state index in [2.05, 4.69) is 0 Å². The van der Waals surface area contributed by atoms with Crippen LogP contribution in [0, 0.1) is 11.2 Å². The Bertz CT molecular complexity index is 1070. The monoisotopic (exact) mass is 387 g/mol. The molecule has 28 heavy (non-hydrogen) atoms. The van der Waals surface area contributed by atoms with E-state index in [0.29, 0.717) is 24.3 Å². The lowest BCUT2D eigenvalue weighted by Gasteiger charge is -2.24. The van der Waals surface area contributed by atoms with Crippen LogP contribution in [0.4, 0.5) is 10.1 Å². The summed E-state index contributed by atoms with van der Waals surface area (Å²) in [6.45, 7) is 1.19. The number of rotatable bonds is 4. The van der Waals surface area contributed by atoms with Crippen molar-refractivity contribution in [2.75, 3.05) is 25.1 Å². The Morgan fingerprint density at radius 1 is 1.39 bits per heavy atom. The summed E-state index contributed by atoms with van der Waals surface area (Å²) in [5.74, 6) is -1.62. The average Bonchev–Trinajstić information content (AvgIpc) is 3.55. The number of carboxylic acid groups (broad SMARTS) is 1. The molecule has 148 valence electrons. The van der Waals surface area contributed by atoms with Crippen molar-refractivity contribution in [1.82, 2.24) is 4.57 Å². The maximum absolute atomic E-state index is 15.2. The maximum atomic E-state index is 15.2. The summed E-state index contributed by atoms with van der Waals surface area (Å²) in [7, 11) is 1.45. The Morgan fingerprint density at radius 3 is 2.64 bits per heavy atom. The summed E-state index contributed by atoms with van der Waals surface area (Å²) in [6.07, 6.45) is 5.20. The zero-order valence-corrected chi connectivity index (χ0v) is 15.6. The molecule has 1 atom stereocenters. The normalized spacial score (nSPS) is 22.8. The van der Waals surface area contributed by atoms with E-state index in [9.17, 15) is 14.7 Å². The first-order valence-corrected chi connectivity index (χ1v) is 9.55. The molecule has 5 rings (SSSR count). The average molecular weight is 387 g/mol. The van der Waals surface area contributed by atoms with Gasteiger partial charge in [-0.15, -0.1) is 0 Å². The van der Waals surface area contributed by atoms with Crippen LogP contribution in [0.1, 0.15) is 42.1 Å². The van der Waals surface area contributed by atoms with E-state index in [1.807, 2.05) is 4.90 Å². The quantitative estimate of drug-likeness (QED) is 0.834. The summed E-state index contributed by atoms with van der Waals surface area (Å²) in [5, 5.41) is 9.44. The van der Waals surface area contributed by atoms with Gasteiger partial charge >= 0.3 is 5.97 Å². The van der Waals surface area contributed by atoms with Crippen LogP contribution in [0.2, 0.25) is 0 Å². The molecule has 3 aliphatic rings. The Hall–Kier alpha value is -2.61. The highest BCUT2D eigenvalue weighted by Gasteiger charge is 2.54. The molecule has 1 spiro atoms. The summed E-state index contributed by atoms with van der Waals surface area (Å²) < 4.78 is 22.6. The van der Waals surface area contributed by atoms with Gasteiger partial charge in [-0.2, -0.15) is 0 Å². The molecule has 0 bridgehead atoms. The number of aromatic nitrogens is 1. The van der Waals surface area contributed by atoms with Crippen molar-refractivity contribution >= 4 is 22.6 Å². The number of ether oxygens (including phenoxy) is 1. The number of carbonyl (C=O) groups is 1.